The molecule has 2 bridgehead atoms. The quantitative estimate of drug-likeness (QED) is 0.478. The number of Topliss-reactive ketones (excluding diaryl/α,β-unsaturated/α-hetero) is 1. The maximum absolute atomic E-state index is 13.1. The fourth-order valence-corrected chi connectivity index (χ4v) is 5.51. The lowest BCUT2D eigenvalue weighted by Crippen LogP contribution is -2.50. The predicted molar refractivity (Wildman–Crippen MR) is 135 cm³/mol. The topological polar surface area (TPSA) is 117 Å². The SMILES string of the molecule is CCCNc1cc(C(=O)NC2C[C@H]3CC[C@@H](C2)N3c2ccc(C(=O)C3CC3)cn2)ccc1C(N)=O. The molecule has 0 spiro atoms. The van der Waals surface area contributed by atoms with Gasteiger partial charge in [-0.15, -0.1) is 0 Å². The Morgan fingerprint density at radius 3 is 2.34 bits per heavy atom. The van der Waals surface area contributed by atoms with Gasteiger partial charge in [-0.05, 0) is 75.3 Å². The average Bonchev–Trinajstić information content (AvgIpc) is 3.67. The summed E-state index contributed by atoms with van der Waals surface area (Å²) in [5.74, 6) is 0.676. The maximum atomic E-state index is 13.1. The van der Waals surface area contributed by atoms with E-state index < -0.39 is 5.91 Å². The van der Waals surface area contributed by atoms with Crippen LogP contribution >= 0.6 is 0 Å². The van der Waals surface area contributed by atoms with E-state index in [0.717, 1.165) is 50.8 Å². The molecule has 1 unspecified atom stereocenters. The minimum Gasteiger partial charge on any atom is -0.384 e. The normalized spacial score (nSPS) is 23.1. The van der Waals surface area contributed by atoms with Crippen LogP contribution in [0.5, 0.6) is 0 Å². The van der Waals surface area contributed by atoms with Crippen LogP contribution in [0.3, 0.4) is 0 Å². The summed E-state index contributed by atoms with van der Waals surface area (Å²) in [6.45, 7) is 2.72. The third-order valence-electron chi connectivity index (χ3n) is 7.43. The summed E-state index contributed by atoms with van der Waals surface area (Å²) in [6, 6.07) is 9.58. The molecule has 8 nitrogen and oxygen atoms in total. The first-order valence-electron chi connectivity index (χ1n) is 12.7. The minimum atomic E-state index is -0.516. The molecule has 2 amide bonds. The predicted octanol–water partition coefficient (Wildman–Crippen LogP) is 3.52. The van der Waals surface area contributed by atoms with Crippen molar-refractivity contribution in [2.24, 2.45) is 11.7 Å². The molecule has 1 aromatic carbocycles. The highest BCUT2D eigenvalue weighted by atomic mass is 16.2. The molecular formula is C27H33N5O3. The van der Waals surface area contributed by atoms with Crippen molar-refractivity contribution in [3.05, 3.63) is 53.2 Å². The van der Waals surface area contributed by atoms with Crippen LogP contribution in [0.2, 0.25) is 0 Å². The molecule has 8 heteroatoms. The van der Waals surface area contributed by atoms with Gasteiger partial charge in [-0.2, -0.15) is 0 Å². The maximum Gasteiger partial charge on any atom is 0.251 e. The number of pyridine rings is 1. The number of carbonyl (C=O) groups is 3. The Labute approximate surface area is 205 Å². The Balaban J connectivity index is 1.24. The fraction of sp³-hybridized carbons (Fsp3) is 0.481. The number of rotatable bonds is 9. The van der Waals surface area contributed by atoms with Crippen LogP contribution in [0.15, 0.2) is 36.5 Å². The molecule has 0 radical (unpaired) electrons. The molecule has 1 saturated carbocycles. The van der Waals surface area contributed by atoms with Gasteiger partial charge in [-0.1, -0.05) is 6.92 Å². The van der Waals surface area contributed by atoms with Gasteiger partial charge >= 0.3 is 0 Å². The molecule has 3 fully saturated rings. The largest absolute Gasteiger partial charge is 0.384 e. The number of amides is 2. The molecule has 2 aliphatic heterocycles. The second-order valence-corrected chi connectivity index (χ2v) is 10.0. The van der Waals surface area contributed by atoms with Crippen molar-refractivity contribution in [2.75, 3.05) is 16.8 Å². The molecule has 35 heavy (non-hydrogen) atoms. The van der Waals surface area contributed by atoms with Crippen LogP contribution in [-0.4, -0.2) is 47.3 Å². The van der Waals surface area contributed by atoms with E-state index in [9.17, 15) is 14.4 Å². The summed E-state index contributed by atoms with van der Waals surface area (Å²) in [6.07, 6.45) is 8.46. The van der Waals surface area contributed by atoms with E-state index in [1.54, 1.807) is 24.4 Å². The standard InChI is InChI=1S/C27H33N5O3/c1-2-11-29-23-12-17(5-9-22(23)26(28)34)27(35)31-19-13-20-7-8-21(14-19)32(20)24-10-6-18(15-30-24)25(33)16-3-4-16/h5-6,9-10,12,15-16,19-21,29H,2-4,7-8,11,13-14H2,1H3,(H2,28,34)(H,31,35)/t19?,20-,21+. The smallest absolute Gasteiger partial charge is 0.251 e. The van der Waals surface area contributed by atoms with Crippen molar-refractivity contribution < 1.29 is 14.4 Å². The Morgan fingerprint density at radius 2 is 1.74 bits per heavy atom. The minimum absolute atomic E-state index is 0.0786. The van der Waals surface area contributed by atoms with Crippen molar-refractivity contribution in [1.82, 2.24) is 10.3 Å². The van der Waals surface area contributed by atoms with Crippen LogP contribution < -0.4 is 21.3 Å². The number of hydrogen-bond donors (Lipinski definition) is 3. The number of nitrogens with two attached hydrogens (primary N) is 1. The number of nitrogens with one attached hydrogen (secondary N) is 2. The van der Waals surface area contributed by atoms with Gasteiger partial charge in [0.1, 0.15) is 5.82 Å². The number of anilines is 2. The Hall–Kier alpha value is -3.42. The monoisotopic (exact) mass is 475 g/mol. The van der Waals surface area contributed by atoms with Crippen molar-refractivity contribution in [3.8, 4) is 0 Å². The number of hydrogen-bond acceptors (Lipinski definition) is 6. The highest BCUT2D eigenvalue weighted by molar-refractivity contribution is 6.02. The molecule has 2 aromatic rings. The lowest BCUT2D eigenvalue weighted by Gasteiger charge is -2.40. The summed E-state index contributed by atoms with van der Waals surface area (Å²) in [5.41, 5.74) is 7.70. The van der Waals surface area contributed by atoms with E-state index in [1.165, 1.54) is 0 Å². The van der Waals surface area contributed by atoms with Crippen LogP contribution in [0.4, 0.5) is 11.5 Å². The van der Waals surface area contributed by atoms with Gasteiger partial charge in [0.2, 0.25) is 0 Å². The van der Waals surface area contributed by atoms with Gasteiger partial charge in [-0.25, -0.2) is 4.98 Å². The number of nitrogens with zero attached hydrogens (tertiary/aromatic N) is 2. The Kier molecular flexibility index (Phi) is 6.45. The first kappa shape index (κ1) is 23.3. The molecule has 3 atom stereocenters. The number of primary amides is 1. The van der Waals surface area contributed by atoms with Gasteiger partial charge in [0.25, 0.3) is 11.8 Å². The van der Waals surface area contributed by atoms with Gasteiger partial charge in [-0.3, -0.25) is 14.4 Å². The first-order chi connectivity index (χ1) is 16.9. The third-order valence-corrected chi connectivity index (χ3v) is 7.43. The van der Waals surface area contributed by atoms with E-state index in [4.69, 9.17) is 5.73 Å². The van der Waals surface area contributed by atoms with Gasteiger partial charge in [0, 0.05) is 53.6 Å². The first-order valence-corrected chi connectivity index (χ1v) is 12.7. The zero-order valence-corrected chi connectivity index (χ0v) is 20.1. The fourth-order valence-electron chi connectivity index (χ4n) is 5.51. The molecular weight excluding hydrogens is 442 g/mol. The molecule has 184 valence electrons. The number of fused-ring (bicyclic) bond motifs is 2. The van der Waals surface area contributed by atoms with E-state index in [1.807, 2.05) is 19.1 Å². The van der Waals surface area contributed by atoms with Gasteiger partial charge in [0.15, 0.2) is 5.78 Å². The number of aromatic nitrogens is 1. The van der Waals surface area contributed by atoms with Crippen molar-refractivity contribution in [3.63, 3.8) is 0 Å². The van der Waals surface area contributed by atoms with Crippen LogP contribution in [0.25, 0.3) is 0 Å². The molecule has 4 N–H and O–H groups in total. The second kappa shape index (κ2) is 9.68. The molecule has 2 saturated heterocycles. The summed E-state index contributed by atoms with van der Waals surface area (Å²) in [4.78, 5) is 44.1. The lowest BCUT2D eigenvalue weighted by molar-refractivity contribution is 0.0924. The lowest BCUT2D eigenvalue weighted by atomic mass is 9.96. The van der Waals surface area contributed by atoms with E-state index in [2.05, 4.69) is 20.5 Å². The van der Waals surface area contributed by atoms with Gasteiger partial charge in [0.05, 0.1) is 5.56 Å². The molecule has 1 aliphatic carbocycles. The molecule has 1 aromatic heterocycles. The highest BCUT2D eigenvalue weighted by Gasteiger charge is 2.42. The van der Waals surface area contributed by atoms with Crippen LogP contribution in [0.1, 0.15) is 82.9 Å². The van der Waals surface area contributed by atoms with Crippen molar-refractivity contribution in [2.45, 2.75) is 70.0 Å². The van der Waals surface area contributed by atoms with E-state index in [0.29, 0.717) is 41.0 Å². The Bertz CT molecular complexity index is 1110. The van der Waals surface area contributed by atoms with Crippen molar-refractivity contribution >= 4 is 29.1 Å². The number of ketones is 1. The summed E-state index contributed by atoms with van der Waals surface area (Å²) < 4.78 is 0. The second-order valence-electron chi connectivity index (χ2n) is 10.0. The zero-order chi connectivity index (χ0) is 24.5. The number of piperidine rings is 1. The molecule has 5 rings (SSSR count). The summed E-state index contributed by atoms with van der Waals surface area (Å²) in [7, 11) is 0. The third kappa shape index (κ3) is 4.88. The van der Waals surface area contributed by atoms with Crippen LogP contribution in [0, 0.1) is 5.92 Å². The highest BCUT2D eigenvalue weighted by Crippen LogP contribution is 2.39. The average molecular weight is 476 g/mol. The Morgan fingerprint density at radius 1 is 1.03 bits per heavy atom. The molecule has 3 aliphatic rings. The number of benzene rings is 1. The van der Waals surface area contributed by atoms with Crippen LogP contribution in [-0.2, 0) is 0 Å². The van der Waals surface area contributed by atoms with Crippen molar-refractivity contribution in [1.29, 1.82) is 0 Å². The van der Waals surface area contributed by atoms with E-state index in [-0.39, 0.29) is 23.7 Å². The summed E-state index contributed by atoms with van der Waals surface area (Å²) >= 11 is 0. The number of carbonyl (C=O) groups excluding carboxylic acids is 3. The van der Waals surface area contributed by atoms with Gasteiger partial charge < -0.3 is 21.3 Å². The summed E-state index contributed by atoms with van der Waals surface area (Å²) in [5, 5.41) is 6.40. The van der Waals surface area contributed by atoms with E-state index >= 15 is 0 Å². The zero-order valence-electron chi connectivity index (χ0n) is 20.1. The molecule has 3 heterocycles.